The molecule has 0 saturated heterocycles. The second-order valence-electron chi connectivity index (χ2n) is 6.25. The number of phenols is 1. The number of amidine groups is 1. The Labute approximate surface area is 194 Å². The van der Waals surface area contributed by atoms with Gasteiger partial charge in [-0.3, -0.25) is 5.43 Å². The fourth-order valence-electron chi connectivity index (χ4n) is 2.50. The summed E-state index contributed by atoms with van der Waals surface area (Å²) < 4.78 is 31.0. The fourth-order valence-corrected chi connectivity index (χ4v) is 3.67. The number of phenolic OH excluding ortho intramolecular Hbond substituents is 1. The lowest BCUT2D eigenvalue weighted by Crippen LogP contribution is -2.18. The zero-order valence-corrected chi connectivity index (χ0v) is 18.9. The maximum absolute atomic E-state index is 12.1. The molecule has 3 aromatic carbocycles. The summed E-state index contributed by atoms with van der Waals surface area (Å²) in [5, 5.41) is 22.6. The van der Waals surface area contributed by atoms with Crippen molar-refractivity contribution in [3.8, 4) is 5.75 Å². The number of sulfonamides is 1. The first-order valence-corrected chi connectivity index (χ1v) is 11.5. The lowest BCUT2D eigenvalue weighted by Gasteiger charge is -2.06. The molecule has 0 aromatic heterocycles. The van der Waals surface area contributed by atoms with Crippen LogP contribution in [0.1, 0.15) is 5.56 Å². The van der Waals surface area contributed by atoms with Gasteiger partial charge in [0.1, 0.15) is 11.4 Å². The second-order valence-corrected chi connectivity index (χ2v) is 8.91. The smallest absolute Gasteiger partial charge is 0.240 e. The van der Waals surface area contributed by atoms with E-state index in [1.807, 2.05) is 6.07 Å². The molecule has 0 atom stereocenters. The quantitative estimate of drug-likeness (QED) is 0.0886. The van der Waals surface area contributed by atoms with Gasteiger partial charge in [-0.2, -0.15) is 11.0 Å². The fraction of sp³-hybridized carbons (Fsp3) is 0.0500. The number of anilines is 1. The third kappa shape index (κ3) is 6.82. The molecule has 0 aliphatic rings. The summed E-state index contributed by atoms with van der Waals surface area (Å²) in [6.07, 6.45) is 0. The topological polar surface area (TPSA) is 160 Å². The van der Waals surface area contributed by atoms with E-state index in [0.29, 0.717) is 16.1 Å². The Balaban J connectivity index is 1.92. The number of rotatable bonds is 9. The standard InChI is InChI=1S/C20H20N6O5S2/c1-22-33(28,29)17-10-11-19(27)18(13-17)24-26-20(14-6-3-2-4-7-14)25-23-15-8-5-9-16(12-15)32-31-30-21/h2-13,22-23,27H,21H2,1H3/b25-20-,26-24?. The van der Waals surface area contributed by atoms with Gasteiger partial charge in [0, 0.05) is 10.5 Å². The Morgan fingerprint density at radius 2 is 1.85 bits per heavy atom. The summed E-state index contributed by atoms with van der Waals surface area (Å²) in [5.74, 6) is 4.81. The van der Waals surface area contributed by atoms with Gasteiger partial charge >= 0.3 is 0 Å². The van der Waals surface area contributed by atoms with Crippen molar-refractivity contribution in [1.82, 2.24) is 4.72 Å². The van der Waals surface area contributed by atoms with Crippen LogP contribution >= 0.6 is 12.0 Å². The first-order chi connectivity index (χ1) is 15.9. The highest BCUT2D eigenvalue weighted by atomic mass is 32.2. The molecule has 5 N–H and O–H groups in total. The molecule has 0 fully saturated rings. The van der Waals surface area contributed by atoms with Gasteiger partial charge in [0.15, 0.2) is 0 Å². The van der Waals surface area contributed by atoms with E-state index in [1.165, 1.54) is 25.2 Å². The van der Waals surface area contributed by atoms with Crippen LogP contribution in [0.2, 0.25) is 0 Å². The van der Waals surface area contributed by atoms with Crippen molar-refractivity contribution in [2.45, 2.75) is 9.79 Å². The molecule has 0 aliphatic carbocycles. The summed E-state index contributed by atoms with van der Waals surface area (Å²) in [7, 11) is -2.43. The van der Waals surface area contributed by atoms with Crippen LogP contribution in [0.3, 0.4) is 0 Å². The molecular formula is C20H20N6O5S2. The van der Waals surface area contributed by atoms with Crippen LogP contribution < -0.4 is 16.0 Å². The number of benzene rings is 3. The largest absolute Gasteiger partial charge is 0.506 e. The third-order valence-corrected chi connectivity index (χ3v) is 6.11. The number of aromatic hydroxyl groups is 1. The normalized spacial score (nSPS) is 12.2. The summed E-state index contributed by atoms with van der Waals surface area (Å²) >= 11 is 0.920. The number of hydrazone groups is 1. The molecule has 3 rings (SSSR count). The Morgan fingerprint density at radius 1 is 1.06 bits per heavy atom. The van der Waals surface area contributed by atoms with E-state index in [-0.39, 0.29) is 22.2 Å². The van der Waals surface area contributed by atoms with E-state index in [1.54, 1.807) is 48.5 Å². The monoisotopic (exact) mass is 488 g/mol. The van der Waals surface area contributed by atoms with Crippen LogP contribution in [-0.2, 0) is 19.3 Å². The minimum atomic E-state index is -3.72. The Hall–Kier alpha value is -3.33. The summed E-state index contributed by atoms with van der Waals surface area (Å²) in [5.41, 5.74) is 4.10. The van der Waals surface area contributed by atoms with Crippen LogP contribution in [0.15, 0.2) is 97.9 Å². The molecule has 0 amide bonds. The zero-order valence-electron chi connectivity index (χ0n) is 17.2. The maximum Gasteiger partial charge on any atom is 0.240 e. The lowest BCUT2D eigenvalue weighted by molar-refractivity contribution is -0.195. The molecule has 0 heterocycles. The van der Waals surface area contributed by atoms with Gasteiger partial charge in [0.05, 0.1) is 22.6 Å². The molecule has 172 valence electrons. The van der Waals surface area contributed by atoms with Crippen molar-refractivity contribution in [3.63, 3.8) is 0 Å². The minimum absolute atomic E-state index is 0.0349. The van der Waals surface area contributed by atoms with Crippen molar-refractivity contribution in [3.05, 3.63) is 78.4 Å². The molecule has 3 aromatic rings. The Bertz CT molecular complexity index is 1250. The predicted molar refractivity (Wildman–Crippen MR) is 124 cm³/mol. The van der Waals surface area contributed by atoms with Gasteiger partial charge in [0.2, 0.25) is 15.9 Å². The van der Waals surface area contributed by atoms with Gasteiger partial charge < -0.3 is 5.11 Å². The number of hydrogen-bond donors (Lipinski definition) is 4. The van der Waals surface area contributed by atoms with Crippen molar-refractivity contribution < 1.29 is 22.8 Å². The highest BCUT2D eigenvalue weighted by Gasteiger charge is 2.14. The average Bonchev–Trinajstić information content (AvgIpc) is 2.84. The SMILES string of the molecule is CNS(=O)(=O)c1ccc(O)c(N=N/C(=N\Nc2cccc(SOON)c2)c2ccccc2)c1. The van der Waals surface area contributed by atoms with Crippen LogP contribution in [-0.4, -0.2) is 26.4 Å². The molecule has 0 bridgehead atoms. The van der Waals surface area contributed by atoms with Crippen molar-refractivity contribution in [1.29, 1.82) is 0 Å². The molecule has 0 saturated carbocycles. The number of nitrogens with one attached hydrogen (secondary N) is 2. The van der Waals surface area contributed by atoms with E-state index in [2.05, 4.69) is 34.8 Å². The number of nitrogens with zero attached hydrogens (tertiary/aromatic N) is 3. The molecule has 0 radical (unpaired) electrons. The van der Waals surface area contributed by atoms with E-state index in [4.69, 9.17) is 5.90 Å². The van der Waals surface area contributed by atoms with Gasteiger partial charge in [-0.05, 0) is 43.4 Å². The minimum Gasteiger partial charge on any atom is -0.506 e. The molecule has 0 unspecified atom stereocenters. The average molecular weight is 489 g/mol. The van der Waals surface area contributed by atoms with Crippen molar-refractivity contribution in [2.75, 3.05) is 12.5 Å². The zero-order chi connectivity index (χ0) is 23.7. The van der Waals surface area contributed by atoms with Crippen LogP contribution in [0.25, 0.3) is 0 Å². The summed E-state index contributed by atoms with van der Waals surface area (Å²) in [6.45, 7) is 0. The third-order valence-electron chi connectivity index (χ3n) is 4.10. The van der Waals surface area contributed by atoms with Gasteiger partial charge in [-0.15, -0.1) is 19.6 Å². The number of azo groups is 1. The highest BCUT2D eigenvalue weighted by Crippen LogP contribution is 2.29. The van der Waals surface area contributed by atoms with Gasteiger partial charge in [-0.25, -0.2) is 13.1 Å². The second kappa shape index (κ2) is 11.5. The lowest BCUT2D eigenvalue weighted by atomic mass is 10.2. The molecule has 33 heavy (non-hydrogen) atoms. The van der Waals surface area contributed by atoms with E-state index < -0.39 is 10.0 Å². The summed E-state index contributed by atoms with van der Waals surface area (Å²) in [4.78, 5) is 4.73. The molecule has 0 aliphatic heterocycles. The summed E-state index contributed by atoms with van der Waals surface area (Å²) in [6, 6.07) is 19.8. The van der Waals surface area contributed by atoms with Crippen molar-refractivity contribution in [2.24, 2.45) is 21.2 Å². The Kier molecular flexibility index (Phi) is 8.48. The highest BCUT2D eigenvalue weighted by molar-refractivity contribution is 7.94. The van der Waals surface area contributed by atoms with E-state index in [9.17, 15) is 13.5 Å². The Morgan fingerprint density at radius 3 is 2.58 bits per heavy atom. The first-order valence-electron chi connectivity index (χ1n) is 9.30. The van der Waals surface area contributed by atoms with E-state index in [0.717, 1.165) is 12.0 Å². The van der Waals surface area contributed by atoms with Gasteiger partial charge in [0.25, 0.3) is 0 Å². The molecule has 13 heteroatoms. The van der Waals surface area contributed by atoms with E-state index >= 15 is 0 Å². The molecular weight excluding hydrogens is 468 g/mol. The molecule has 0 spiro atoms. The predicted octanol–water partition coefficient (Wildman–Crippen LogP) is 3.69. The van der Waals surface area contributed by atoms with Crippen LogP contribution in [0.5, 0.6) is 5.75 Å². The van der Waals surface area contributed by atoms with Crippen LogP contribution in [0, 0.1) is 0 Å². The van der Waals surface area contributed by atoms with Crippen LogP contribution in [0.4, 0.5) is 11.4 Å². The number of nitrogens with two attached hydrogens (primary N) is 1. The maximum atomic E-state index is 12.1. The molecule has 11 nitrogen and oxygen atoms in total. The van der Waals surface area contributed by atoms with Gasteiger partial charge in [-0.1, -0.05) is 36.4 Å². The first kappa shape index (κ1) is 24.3. The van der Waals surface area contributed by atoms with Crippen molar-refractivity contribution >= 4 is 39.3 Å². The number of hydrogen-bond acceptors (Lipinski definition) is 10.